The predicted molar refractivity (Wildman–Crippen MR) is 268 cm³/mol. The number of fused-ring (bicyclic) bond motifs is 2. The molecule has 2 fully saturated rings. The second-order valence-electron chi connectivity index (χ2n) is 19.9. The number of Topliss-reactive ketones (excluding diaryl/α,β-unsaturated/α-hetero) is 1. The van der Waals surface area contributed by atoms with Crippen molar-refractivity contribution in [3.8, 4) is 0 Å². The lowest BCUT2D eigenvalue weighted by molar-refractivity contribution is -0.668. The lowest BCUT2D eigenvalue weighted by Gasteiger charge is -2.24. The molecule has 396 valence electrons. The number of carbonyl (C=O) groups is 6. The molecule has 3 heterocycles. The number of ketones is 1. The maximum absolute atomic E-state index is 14.0. The van der Waals surface area contributed by atoms with Crippen LogP contribution in [0.2, 0.25) is 0 Å². The van der Waals surface area contributed by atoms with E-state index in [1.807, 2.05) is 54.9 Å². The molecule has 1 saturated carbocycles. The highest BCUT2D eigenvalue weighted by Gasteiger charge is 2.39. The second-order valence-corrected chi connectivity index (χ2v) is 21.1. The molecule has 7 atom stereocenters. The highest BCUT2D eigenvalue weighted by atomic mass is 127. The van der Waals surface area contributed by atoms with E-state index in [0.29, 0.717) is 63.1 Å². The molecule has 6 amide bonds. The van der Waals surface area contributed by atoms with E-state index < -0.39 is 46.2 Å². The number of halogens is 1. The molecule has 4 aromatic rings. The van der Waals surface area contributed by atoms with Crippen molar-refractivity contribution in [3.05, 3.63) is 83.8 Å². The number of urea groups is 1. The lowest BCUT2D eigenvalue weighted by Crippen LogP contribution is -3.00. The van der Waals surface area contributed by atoms with Crippen molar-refractivity contribution in [2.75, 3.05) is 30.3 Å². The number of rotatable bonds is 25. The number of primary amides is 1. The number of carbonyl (C=O) groups excluding carboxylic acids is 6. The van der Waals surface area contributed by atoms with Gasteiger partial charge in [0, 0.05) is 62.2 Å². The van der Waals surface area contributed by atoms with Crippen molar-refractivity contribution in [2.24, 2.45) is 34.5 Å². The number of aryl methyl sites for hydroxylation is 1. The number of amides is 6. The van der Waals surface area contributed by atoms with E-state index in [4.69, 9.17) is 20.0 Å². The average Bonchev–Trinajstić information content (AvgIpc) is 4.11. The number of unbranched alkanes of at least 4 members (excludes halogenated alkanes) is 2. The van der Waals surface area contributed by atoms with Crippen molar-refractivity contribution in [1.82, 2.24) is 25.1 Å². The lowest BCUT2D eigenvalue weighted by atomic mass is 9.89. The van der Waals surface area contributed by atoms with E-state index in [2.05, 4.69) is 38.0 Å². The number of aliphatic hydroxyl groups excluding tert-OH is 1. The van der Waals surface area contributed by atoms with Gasteiger partial charge in [0.1, 0.15) is 5.39 Å². The number of nitrogens with two attached hydrogens (primary N) is 2. The van der Waals surface area contributed by atoms with Crippen LogP contribution in [0.3, 0.4) is 0 Å². The molecule has 22 heteroatoms. The molecule has 73 heavy (non-hydrogen) atoms. The number of anilines is 2. The molecule has 7 rings (SSSR count). The van der Waals surface area contributed by atoms with Crippen molar-refractivity contribution in [2.45, 2.75) is 129 Å². The molecule has 2 aliphatic carbocycles. The van der Waals surface area contributed by atoms with Gasteiger partial charge in [0.25, 0.3) is 0 Å². The van der Waals surface area contributed by atoms with Crippen LogP contribution in [0.5, 0.6) is 0 Å². The monoisotopic (exact) mass is 1140 g/mol. The summed E-state index contributed by atoms with van der Waals surface area (Å²) in [6, 6.07) is 16.0. The predicted octanol–water partition coefficient (Wildman–Crippen LogP) is 1.07. The molecule has 20 nitrogen and oxygen atoms in total. The molecular weight excluding hydrogens is 1070 g/mol. The normalized spacial score (nSPS) is 20.4. The third-order valence-corrected chi connectivity index (χ3v) is 14.6. The standard InChI is InChI=1S/C51H68N10O10S.HI/c1-31(2)46(58-44(64)13-5-4-8-22-61-45(65)24-32(3)50(61)67)43(63)26-35(11-9-21-54-51(52)68)48(66)56-37-17-14-33(15-18-37)28-59-30-55-47(57-41-19-16-34-10-6-7-12-39(34)41)40-20-23-60(49(40)59)38-25-36(42(62)27-38)29-71-72(53,69)70;/h6-7,10,12,14-15,17-18,20,23,30-32,35-36,38,41-42,46,62H,4-5,8-9,11,13,16,19,21-22,24-29H2,1-3H3,(H7,52,53,54,56,58,64,66,68,69,70);1H/t32?,35-,36-,38+,41-,42-,46+;/m0./s1. The molecule has 1 aliphatic heterocycles. The number of aliphatic hydroxyl groups is 1. The van der Waals surface area contributed by atoms with Gasteiger partial charge in [-0.05, 0) is 85.8 Å². The number of nitrogens with zero attached hydrogens (tertiary/aromatic N) is 4. The molecule has 9 N–H and O–H groups in total. The Morgan fingerprint density at radius 1 is 1.00 bits per heavy atom. The molecule has 1 unspecified atom stereocenters. The summed E-state index contributed by atoms with van der Waals surface area (Å²) in [5.41, 5.74) is 10.0. The third-order valence-electron chi connectivity index (χ3n) is 14.2. The zero-order valence-electron chi connectivity index (χ0n) is 41.6. The van der Waals surface area contributed by atoms with Crippen LogP contribution in [0.15, 0.2) is 67.1 Å². The van der Waals surface area contributed by atoms with E-state index in [1.165, 1.54) is 16.0 Å². The van der Waals surface area contributed by atoms with Crippen LogP contribution in [-0.4, -0.2) is 95.3 Å². The minimum atomic E-state index is -4.18. The van der Waals surface area contributed by atoms with E-state index >= 15 is 0 Å². The minimum Gasteiger partial charge on any atom is -1.00 e. The smallest absolute Gasteiger partial charge is 0.333 e. The third kappa shape index (κ3) is 15.0. The Kier molecular flexibility index (Phi) is 19.9. The second kappa shape index (κ2) is 25.6. The quantitative estimate of drug-likeness (QED) is 0.0212. The average molecular weight is 1140 g/mol. The first kappa shape index (κ1) is 56.7. The van der Waals surface area contributed by atoms with Gasteiger partial charge >= 0.3 is 16.3 Å². The Bertz CT molecular complexity index is 2740. The zero-order chi connectivity index (χ0) is 51.7. The molecule has 0 bridgehead atoms. The number of benzene rings is 2. The molecule has 0 radical (unpaired) electrons. The van der Waals surface area contributed by atoms with Gasteiger partial charge < -0.3 is 56.1 Å². The number of likely N-dealkylation sites (tertiary alicyclic amines) is 1. The number of nitrogens with one attached hydrogen (secondary N) is 4. The van der Waals surface area contributed by atoms with Gasteiger partial charge in [-0.25, -0.2) is 14.5 Å². The highest BCUT2D eigenvalue weighted by molar-refractivity contribution is 7.84. The summed E-state index contributed by atoms with van der Waals surface area (Å²) in [7, 11) is -4.18. The van der Waals surface area contributed by atoms with Crippen molar-refractivity contribution in [1.29, 1.82) is 0 Å². The molecule has 1 saturated heterocycles. The van der Waals surface area contributed by atoms with E-state index in [1.54, 1.807) is 25.4 Å². The van der Waals surface area contributed by atoms with Gasteiger partial charge in [0.2, 0.25) is 41.4 Å². The summed E-state index contributed by atoms with van der Waals surface area (Å²) in [5, 5.41) is 29.0. The SMILES string of the molecule is CC1CC(=O)N(CCCCCC(=O)N[C@@H](C(=O)C[C@H](CCCNC(N)=O)C(=O)Nc2ccc(C[n+]3cnc(N[C@H]4CCc5ccccc54)c4ccn([C@@H]5C[C@@H](COS(N)(=O)=O)[C@@H](O)C5)c43)cc2)C(C)C)C1=O.[I-]. The van der Waals surface area contributed by atoms with Crippen LogP contribution in [0.4, 0.5) is 16.3 Å². The Balaban J connectivity index is 0.00000869. The topological polar surface area (TPSA) is 291 Å². The van der Waals surface area contributed by atoms with E-state index in [9.17, 15) is 42.3 Å². The number of aromatic nitrogens is 3. The maximum Gasteiger partial charge on any atom is 0.333 e. The first-order valence-corrected chi connectivity index (χ1v) is 26.5. The molecular formula is C51H69IN10O10S. The Morgan fingerprint density at radius 2 is 1.75 bits per heavy atom. The summed E-state index contributed by atoms with van der Waals surface area (Å²) < 4.78 is 32.2. The van der Waals surface area contributed by atoms with Gasteiger partial charge in [-0.2, -0.15) is 8.42 Å². The summed E-state index contributed by atoms with van der Waals surface area (Å²) in [4.78, 5) is 82.9. The number of hydrogen-bond acceptors (Lipinski definition) is 12. The van der Waals surface area contributed by atoms with Gasteiger partial charge in [-0.15, -0.1) is 0 Å². The molecule has 3 aliphatic rings. The highest BCUT2D eigenvalue weighted by Crippen LogP contribution is 2.39. The van der Waals surface area contributed by atoms with E-state index in [0.717, 1.165) is 29.4 Å². The largest absolute Gasteiger partial charge is 1.00 e. The van der Waals surface area contributed by atoms with Crippen LogP contribution in [0.1, 0.15) is 120 Å². The van der Waals surface area contributed by atoms with Crippen molar-refractivity contribution < 1.29 is 75.0 Å². The fourth-order valence-electron chi connectivity index (χ4n) is 10.3. The van der Waals surface area contributed by atoms with Crippen LogP contribution >= 0.6 is 0 Å². The molecule has 2 aromatic carbocycles. The zero-order valence-corrected chi connectivity index (χ0v) is 44.6. The minimum absolute atomic E-state index is 0. The van der Waals surface area contributed by atoms with Crippen molar-refractivity contribution in [3.63, 3.8) is 0 Å². The molecule has 2 aromatic heterocycles. The van der Waals surface area contributed by atoms with Crippen LogP contribution in [0, 0.1) is 23.7 Å². The Labute approximate surface area is 443 Å². The van der Waals surface area contributed by atoms with Gasteiger partial charge in [0.05, 0.1) is 43.6 Å². The van der Waals surface area contributed by atoms with Gasteiger partial charge in [0.15, 0.2) is 5.78 Å². The first-order valence-electron chi connectivity index (χ1n) is 25.0. The number of hydrogen-bond donors (Lipinski definition) is 7. The van der Waals surface area contributed by atoms with Crippen LogP contribution in [0.25, 0.3) is 11.0 Å². The fourth-order valence-corrected chi connectivity index (χ4v) is 10.7. The summed E-state index contributed by atoms with van der Waals surface area (Å²) in [5.74, 6) is -2.45. The Hall–Kier alpha value is -5.56. The fraction of sp³-hybridized carbons (Fsp3) is 0.529. The molecule has 0 spiro atoms. The number of imide groups is 1. The van der Waals surface area contributed by atoms with Crippen molar-refractivity contribution >= 4 is 68.3 Å². The van der Waals surface area contributed by atoms with Gasteiger partial charge in [-0.3, -0.25) is 37.6 Å². The van der Waals surface area contributed by atoms with Gasteiger partial charge in [-0.1, -0.05) is 68.6 Å². The summed E-state index contributed by atoms with van der Waals surface area (Å²) >= 11 is 0. The maximum atomic E-state index is 14.0. The summed E-state index contributed by atoms with van der Waals surface area (Å²) in [6.07, 6.45) is 8.17. The summed E-state index contributed by atoms with van der Waals surface area (Å²) in [6.45, 7) is 6.06. The Morgan fingerprint density at radius 3 is 2.45 bits per heavy atom. The first-order chi connectivity index (χ1) is 34.3. The van der Waals surface area contributed by atoms with Crippen LogP contribution < -0.4 is 60.7 Å². The van der Waals surface area contributed by atoms with E-state index in [-0.39, 0.29) is 110 Å². The van der Waals surface area contributed by atoms with Crippen LogP contribution in [-0.2, 0) is 51.4 Å².